The molecule has 0 amide bonds. The van der Waals surface area contributed by atoms with Crippen LogP contribution in [0.15, 0.2) is 22.9 Å². The van der Waals surface area contributed by atoms with Crippen molar-refractivity contribution in [3.05, 3.63) is 28.5 Å². The summed E-state index contributed by atoms with van der Waals surface area (Å²) in [5.41, 5.74) is 1.28. The topological polar surface area (TPSA) is 24.9 Å². The van der Waals surface area contributed by atoms with Gasteiger partial charge in [-0.15, -0.1) is 0 Å². The molecule has 0 aliphatic heterocycles. The summed E-state index contributed by atoms with van der Waals surface area (Å²) in [6.07, 6.45) is 4.80. The second-order valence-corrected chi connectivity index (χ2v) is 5.63. The first kappa shape index (κ1) is 13.7. The molecular formula is C13H21BrN2. The van der Waals surface area contributed by atoms with Crippen LogP contribution in [-0.2, 0) is 6.42 Å². The Morgan fingerprint density at radius 1 is 1.31 bits per heavy atom. The molecule has 0 spiro atoms. The van der Waals surface area contributed by atoms with Gasteiger partial charge in [0.1, 0.15) is 0 Å². The molecule has 1 heterocycles. The number of likely N-dealkylation sites (N-methyl/N-ethyl adjacent to an activating group) is 1. The number of aromatic nitrogens is 1. The van der Waals surface area contributed by atoms with Crippen molar-refractivity contribution in [3.63, 3.8) is 0 Å². The molecule has 0 saturated heterocycles. The summed E-state index contributed by atoms with van der Waals surface area (Å²) in [5, 5.41) is 3.41. The first-order valence-electron chi connectivity index (χ1n) is 5.81. The molecule has 0 saturated carbocycles. The van der Waals surface area contributed by atoms with Crippen molar-refractivity contribution in [1.29, 1.82) is 0 Å². The van der Waals surface area contributed by atoms with Gasteiger partial charge in [-0.1, -0.05) is 20.8 Å². The van der Waals surface area contributed by atoms with Crippen molar-refractivity contribution in [3.8, 4) is 0 Å². The molecule has 2 unspecified atom stereocenters. The molecule has 1 aromatic heterocycles. The molecule has 0 bridgehead atoms. The largest absolute Gasteiger partial charge is 0.316 e. The summed E-state index contributed by atoms with van der Waals surface area (Å²) in [7, 11) is 2.04. The lowest BCUT2D eigenvalue weighted by atomic mass is 9.87. The zero-order chi connectivity index (χ0) is 12.1. The number of pyridine rings is 1. The molecule has 2 atom stereocenters. The number of nitrogens with one attached hydrogen (secondary N) is 1. The lowest BCUT2D eigenvalue weighted by Crippen LogP contribution is -2.36. The van der Waals surface area contributed by atoms with E-state index in [2.05, 4.69) is 53.1 Å². The van der Waals surface area contributed by atoms with E-state index < -0.39 is 0 Å². The Labute approximate surface area is 107 Å². The minimum atomic E-state index is 0.510. The monoisotopic (exact) mass is 284 g/mol. The Balaban J connectivity index is 2.70. The van der Waals surface area contributed by atoms with Gasteiger partial charge in [0.25, 0.3) is 0 Å². The highest BCUT2D eigenvalue weighted by Crippen LogP contribution is 2.19. The Bertz CT molecular complexity index is 325. The van der Waals surface area contributed by atoms with Gasteiger partial charge >= 0.3 is 0 Å². The second kappa shape index (κ2) is 6.36. The highest BCUT2D eigenvalue weighted by molar-refractivity contribution is 9.10. The molecule has 0 aromatic carbocycles. The van der Waals surface area contributed by atoms with Crippen LogP contribution in [0.4, 0.5) is 0 Å². The molecule has 0 aliphatic carbocycles. The van der Waals surface area contributed by atoms with Gasteiger partial charge < -0.3 is 5.32 Å². The molecule has 1 aromatic rings. The third kappa shape index (κ3) is 3.87. The number of hydrogen-bond acceptors (Lipinski definition) is 2. The van der Waals surface area contributed by atoms with Crippen LogP contribution in [0.25, 0.3) is 0 Å². The first-order chi connectivity index (χ1) is 7.54. The third-order valence-corrected chi connectivity index (χ3v) is 3.71. The average molecular weight is 285 g/mol. The number of nitrogens with zero attached hydrogens (tertiary/aromatic N) is 1. The Morgan fingerprint density at radius 3 is 2.50 bits per heavy atom. The van der Waals surface area contributed by atoms with Gasteiger partial charge in [0.2, 0.25) is 0 Å². The van der Waals surface area contributed by atoms with E-state index in [1.54, 1.807) is 0 Å². The average Bonchev–Trinajstić information content (AvgIpc) is 2.25. The molecule has 0 radical (unpaired) electrons. The first-order valence-corrected chi connectivity index (χ1v) is 6.60. The molecular weight excluding hydrogens is 264 g/mol. The fourth-order valence-corrected chi connectivity index (χ4v) is 2.25. The van der Waals surface area contributed by atoms with Gasteiger partial charge in [0, 0.05) is 22.9 Å². The quantitative estimate of drug-likeness (QED) is 0.898. The summed E-state index contributed by atoms with van der Waals surface area (Å²) >= 11 is 3.46. The molecule has 16 heavy (non-hydrogen) atoms. The summed E-state index contributed by atoms with van der Waals surface area (Å²) in [4.78, 5) is 4.20. The van der Waals surface area contributed by atoms with Crippen LogP contribution in [0, 0.1) is 11.8 Å². The Morgan fingerprint density at radius 2 is 2.00 bits per heavy atom. The predicted octanol–water partition coefficient (Wildman–Crippen LogP) is 3.27. The van der Waals surface area contributed by atoms with Gasteiger partial charge in [0.05, 0.1) is 0 Å². The van der Waals surface area contributed by atoms with Crippen LogP contribution < -0.4 is 5.32 Å². The van der Waals surface area contributed by atoms with Crippen LogP contribution in [-0.4, -0.2) is 18.1 Å². The molecule has 1 N–H and O–H groups in total. The van der Waals surface area contributed by atoms with Crippen LogP contribution in [0.1, 0.15) is 26.3 Å². The summed E-state index contributed by atoms with van der Waals surface area (Å²) < 4.78 is 1.05. The minimum Gasteiger partial charge on any atom is -0.316 e. The molecule has 0 aliphatic rings. The van der Waals surface area contributed by atoms with Crippen molar-refractivity contribution in [1.82, 2.24) is 10.3 Å². The van der Waals surface area contributed by atoms with Crippen LogP contribution >= 0.6 is 15.9 Å². The van der Waals surface area contributed by atoms with E-state index in [0.717, 1.165) is 10.9 Å². The zero-order valence-electron chi connectivity index (χ0n) is 10.5. The number of hydrogen-bond donors (Lipinski definition) is 1. The minimum absolute atomic E-state index is 0.510. The van der Waals surface area contributed by atoms with Crippen LogP contribution in [0.3, 0.4) is 0 Å². The fraction of sp³-hybridized carbons (Fsp3) is 0.615. The summed E-state index contributed by atoms with van der Waals surface area (Å²) in [6, 6.07) is 2.65. The van der Waals surface area contributed by atoms with Crippen molar-refractivity contribution in [2.24, 2.45) is 11.8 Å². The maximum atomic E-state index is 4.20. The maximum absolute atomic E-state index is 4.20. The fourth-order valence-electron chi connectivity index (χ4n) is 1.84. The highest BCUT2D eigenvalue weighted by atomic mass is 79.9. The van der Waals surface area contributed by atoms with Crippen molar-refractivity contribution in [2.45, 2.75) is 33.2 Å². The van der Waals surface area contributed by atoms with Crippen LogP contribution in [0.5, 0.6) is 0 Å². The standard InChI is InChI=1S/C13H21BrN2/c1-9(2)10(3)13(15-4)6-11-5-12(14)8-16-7-11/h5,7-10,13,15H,6H2,1-4H3. The third-order valence-electron chi connectivity index (χ3n) is 3.27. The van der Waals surface area contributed by atoms with Crippen LogP contribution in [0.2, 0.25) is 0 Å². The smallest absolute Gasteiger partial charge is 0.0410 e. The van der Waals surface area contributed by atoms with E-state index in [0.29, 0.717) is 17.9 Å². The summed E-state index contributed by atoms with van der Waals surface area (Å²) in [5.74, 6) is 1.35. The van der Waals surface area contributed by atoms with E-state index in [-0.39, 0.29) is 0 Å². The molecule has 2 nitrogen and oxygen atoms in total. The van der Waals surface area contributed by atoms with E-state index in [1.807, 2.05) is 19.4 Å². The number of rotatable bonds is 5. The van der Waals surface area contributed by atoms with E-state index in [4.69, 9.17) is 0 Å². The Hall–Kier alpha value is -0.410. The van der Waals surface area contributed by atoms with Crippen molar-refractivity contribution in [2.75, 3.05) is 7.05 Å². The lowest BCUT2D eigenvalue weighted by molar-refractivity contribution is 0.309. The van der Waals surface area contributed by atoms with Gasteiger partial charge in [0.15, 0.2) is 0 Å². The maximum Gasteiger partial charge on any atom is 0.0410 e. The predicted molar refractivity (Wildman–Crippen MR) is 72.5 cm³/mol. The lowest BCUT2D eigenvalue weighted by Gasteiger charge is -2.26. The molecule has 0 fully saturated rings. The van der Waals surface area contributed by atoms with Gasteiger partial charge in [-0.05, 0) is 52.9 Å². The van der Waals surface area contributed by atoms with Gasteiger partial charge in [-0.2, -0.15) is 0 Å². The van der Waals surface area contributed by atoms with Crippen molar-refractivity contribution < 1.29 is 0 Å². The zero-order valence-corrected chi connectivity index (χ0v) is 12.1. The van der Waals surface area contributed by atoms with E-state index >= 15 is 0 Å². The second-order valence-electron chi connectivity index (χ2n) is 4.71. The normalized spacial score (nSPS) is 15.1. The van der Waals surface area contributed by atoms with E-state index in [9.17, 15) is 0 Å². The van der Waals surface area contributed by atoms with Crippen molar-refractivity contribution >= 4 is 15.9 Å². The highest BCUT2D eigenvalue weighted by Gasteiger charge is 2.18. The summed E-state index contributed by atoms with van der Waals surface area (Å²) in [6.45, 7) is 6.85. The molecule has 90 valence electrons. The van der Waals surface area contributed by atoms with E-state index in [1.165, 1.54) is 5.56 Å². The molecule has 3 heteroatoms. The van der Waals surface area contributed by atoms with Gasteiger partial charge in [-0.25, -0.2) is 0 Å². The van der Waals surface area contributed by atoms with Gasteiger partial charge in [-0.3, -0.25) is 4.98 Å². The number of halogens is 1. The Kier molecular flexibility index (Phi) is 5.42. The SMILES string of the molecule is CNC(Cc1cncc(Br)c1)C(C)C(C)C. The molecule has 1 rings (SSSR count).